The number of rotatable bonds is 7. The Balaban J connectivity index is 2.06. The van der Waals surface area contributed by atoms with Gasteiger partial charge in [0.25, 0.3) is 0 Å². The third-order valence-electron chi connectivity index (χ3n) is 5.75. The van der Waals surface area contributed by atoms with Crippen LogP contribution in [-0.4, -0.2) is 30.9 Å². The van der Waals surface area contributed by atoms with Gasteiger partial charge in [0.1, 0.15) is 6.10 Å². The standard InChI is InChI=1S/C22H30O5/c1-7-8-9-10-15-14(3)18(12-17(15)23)27-21(25)19-16(22(19,4)5)11-13(2)20(24)26-6/h8-9,11,16,18-19H,7,10,12H2,1-6H3/b9-8+,13-11-. The number of esters is 2. The highest BCUT2D eigenvalue weighted by Crippen LogP contribution is 2.60. The molecule has 0 heterocycles. The van der Waals surface area contributed by atoms with E-state index in [1.54, 1.807) is 13.0 Å². The Morgan fingerprint density at radius 1 is 1.26 bits per heavy atom. The van der Waals surface area contributed by atoms with Crippen molar-refractivity contribution in [2.24, 2.45) is 17.3 Å². The monoisotopic (exact) mass is 374 g/mol. The van der Waals surface area contributed by atoms with E-state index >= 15 is 0 Å². The quantitative estimate of drug-likeness (QED) is 0.384. The highest BCUT2D eigenvalue weighted by Gasteiger charge is 2.62. The minimum Gasteiger partial charge on any atom is -0.466 e. The maximum absolute atomic E-state index is 12.7. The van der Waals surface area contributed by atoms with Crippen LogP contribution < -0.4 is 0 Å². The molecule has 0 aromatic heterocycles. The van der Waals surface area contributed by atoms with E-state index in [1.165, 1.54) is 7.11 Å². The van der Waals surface area contributed by atoms with Crippen LogP contribution in [0.25, 0.3) is 0 Å². The Hall–Kier alpha value is -2.17. The van der Waals surface area contributed by atoms with E-state index in [-0.39, 0.29) is 35.4 Å². The molecule has 2 aliphatic rings. The van der Waals surface area contributed by atoms with Gasteiger partial charge >= 0.3 is 11.9 Å². The molecule has 3 unspecified atom stereocenters. The third kappa shape index (κ3) is 4.40. The minimum absolute atomic E-state index is 0.0547. The van der Waals surface area contributed by atoms with E-state index in [0.29, 0.717) is 12.0 Å². The molecule has 2 rings (SSSR count). The Labute approximate surface area is 161 Å². The molecule has 1 fully saturated rings. The van der Waals surface area contributed by atoms with E-state index in [0.717, 1.165) is 17.6 Å². The highest BCUT2D eigenvalue weighted by molar-refractivity contribution is 6.00. The summed E-state index contributed by atoms with van der Waals surface area (Å²) in [6.45, 7) is 9.56. The second-order valence-corrected chi connectivity index (χ2v) is 7.96. The molecule has 0 saturated heterocycles. The van der Waals surface area contributed by atoms with Crippen LogP contribution in [0.2, 0.25) is 0 Å². The van der Waals surface area contributed by atoms with Crippen LogP contribution in [0.3, 0.4) is 0 Å². The Morgan fingerprint density at radius 3 is 2.52 bits per heavy atom. The molecule has 1 saturated carbocycles. The normalized spacial score (nSPS) is 27.3. The van der Waals surface area contributed by atoms with Crippen LogP contribution in [0, 0.1) is 17.3 Å². The van der Waals surface area contributed by atoms with Crippen molar-refractivity contribution in [3.05, 3.63) is 34.9 Å². The smallest absolute Gasteiger partial charge is 0.333 e. The number of Topliss-reactive ketones (excluding diaryl/α,β-unsaturated/α-hetero) is 1. The molecule has 148 valence electrons. The van der Waals surface area contributed by atoms with Crippen LogP contribution in [0.15, 0.2) is 34.9 Å². The first-order valence-electron chi connectivity index (χ1n) is 9.50. The first-order valence-corrected chi connectivity index (χ1v) is 9.50. The van der Waals surface area contributed by atoms with Crippen LogP contribution in [0.1, 0.15) is 53.9 Å². The van der Waals surface area contributed by atoms with E-state index in [2.05, 4.69) is 0 Å². The summed E-state index contributed by atoms with van der Waals surface area (Å²) in [4.78, 5) is 36.6. The summed E-state index contributed by atoms with van der Waals surface area (Å²) in [6, 6.07) is 0. The lowest BCUT2D eigenvalue weighted by Gasteiger charge is -2.13. The van der Waals surface area contributed by atoms with Crippen molar-refractivity contribution in [2.75, 3.05) is 7.11 Å². The highest BCUT2D eigenvalue weighted by atomic mass is 16.5. The molecule has 0 N–H and O–H groups in total. The zero-order valence-corrected chi connectivity index (χ0v) is 17.1. The largest absolute Gasteiger partial charge is 0.466 e. The predicted molar refractivity (Wildman–Crippen MR) is 103 cm³/mol. The van der Waals surface area contributed by atoms with Crippen LogP contribution in [-0.2, 0) is 23.9 Å². The van der Waals surface area contributed by atoms with Gasteiger partial charge in [0.2, 0.25) is 0 Å². The molecule has 3 atom stereocenters. The van der Waals surface area contributed by atoms with Crippen molar-refractivity contribution in [3.63, 3.8) is 0 Å². The number of hydrogen-bond acceptors (Lipinski definition) is 5. The van der Waals surface area contributed by atoms with Crippen molar-refractivity contribution in [3.8, 4) is 0 Å². The van der Waals surface area contributed by atoms with Crippen molar-refractivity contribution in [1.82, 2.24) is 0 Å². The van der Waals surface area contributed by atoms with Gasteiger partial charge < -0.3 is 9.47 Å². The lowest BCUT2D eigenvalue weighted by atomic mass is 10.1. The Bertz CT molecular complexity index is 723. The van der Waals surface area contributed by atoms with Crippen LogP contribution in [0.4, 0.5) is 0 Å². The van der Waals surface area contributed by atoms with E-state index < -0.39 is 12.1 Å². The van der Waals surface area contributed by atoms with Gasteiger partial charge in [-0.3, -0.25) is 9.59 Å². The zero-order chi connectivity index (χ0) is 20.4. The summed E-state index contributed by atoms with van der Waals surface area (Å²) in [5.74, 6) is -1.03. The van der Waals surface area contributed by atoms with Gasteiger partial charge in [-0.15, -0.1) is 0 Å². The molecule has 0 bridgehead atoms. The third-order valence-corrected chi connectivity index (χ3v) is 5.75. The summed E-state index contributed by atoms with van der Waals surface area (Å²) in [7, 11) is 1.34. The van der Waals surface area contributed by atoms with Gasteiger partial charge in [-0.1, -0.05) is 39.0 Å². The number of carbonyl (C=O) groups excluding carboxylic acids is 3. The summed E-state index contributed by atoms with van der Waals surface area (Å²) in [6.07, 6.45) is 7.07. The number of carbonyl (C=O) groups is 3. The first kappa shape index (κ1) is 21.1. The van der Waals surface area contributed by atoms with Crippen molar-refractivity contribution in [2.45, 2.75) is 60.0 Å². The van der Waals surface area contributed by atoms with Gasteiger partial charge in [-0.05, 0) is 43.6 Å². The summed E-state index contributed by atoms with van der Waals surface area (Å²) < 4.78 is 10.4. The second kappa shape index (κ2) is 8.24. The average Bonchev–Trinajstić information content (AvgIpc) is 3.05. The molecule has 0 amide bonds. The van der Waals surface area contributed by atoms with Crippen molar-refractivity contribution in [1.29, 1.82) is 0 Å². The van der Waals surface area contributed by atoms with E-state index in [9.17, 15) is 14.4 Å². The average molecular weight is 374 g/mol. The Morgan fingerprint density at radius 2 is 1.93 bits per heavy atom. The van der Waals surface area contributed by atoms with Crippen LogP contribution >= 0.6 is 0 Å². The Kier molecular flexibility index (Phi) is 6.45. The molecule has 0 radical (unpaired) electrons. The SMILES string of the molecule is CC/C=C/CC1=C(C)C(OC(=O)C2C(/C=C(/C)C(=O)OC)C2(C)C)CC1=O. The molecule has 0 aromatic carbocycles. The molecule has 5 nitrogen and oxygen atoms in total. The molecule has 2 aliphatic carbocycles. The fourth-order valence-corrected chi connectivity index (χ4v) is 3.78. The minimum atomic E-state index is -0.474. The van der Waals surface area contributed by atoms with Gasteiger partial charge in [0.15, 0.2) is 5.78 Å². The van der Waals surface area contributed by atoms with Crippen molar-refractivity contribution < 1.29 is 23.9 Å². The van der Waals surface area contributed by atoms with Gasteiger partial charge in [-0.25, -0.2) is 4.79 Å². The predicted octanol–water partition coefficient (Wildman–Crippen LogP) is 3.94. The fraction of sp³-hybridized carbons (Fsp3) is 0.591. The lowest BCUT2D eigenvalue weighted by Crippen LogP contribution is -2.20. The molecule has 27 heavy (non-hydrogen) atoms. The van der Waals surface area contributed by atoms with E-state index in [4.69, 9.17) is 9.47 Å². The fourth-order valence-electron chi connectivity index (χ4n) is 3.78. The number of ether oxygens (including phenoxy) is 2. The molecule has 0 spiro atoms. The lowest BCUT2D eigenvalue weighted by molar-refractivity contribution is -0.150. The second-order valence-electron chi connectivity index (χ2n) is 7.96. The van der Waals surface area contributed by atoms with Gasteiger partial charge in [0, 0.05) is 11.1 Å². The summed E-state index contributed by atoms with van der Waals surface area (Å²) in [5, 5.41) is 0. The molecular weight excluding hydrogens is 344 g/mol. The number of methoxy groups -OCH3 is 1. The van der Waals surface area contributed by atoms with Crippen LogP contribution in [0.5, 0.6) is 0 Å². The maximum Gasteiger partial charge on any atom is 0.333 e. The van der Waals surface area contributed by atoms with Gasteiger partial charge in [-0.2, -0.15) is 0 Å². The number of allylic oxidation sites excluding steroid dienone is 4. The van der Waals surface area contributed by atoms with E-state index in [1.807, 2.05) is 39.8 Å². The first-order chi connectivity index (χ1) is 12.6. The maximum atomic E-state index is 12.7. The summed E-state index contributed by atoms with van der Waals surface area (Å²) in [5.41, 5.74) is 1.82. The van der Waals surface area contributed by atoms with Crippen molar-refractivity contribution >= 4 is 17.7 Å². The number of hydrogen-bond donors (Lipinski definition) is 0. The topological polar surface area (TPSA) is 69.7 Å². The molecule has 0 aliphatic heterocycles. The molecule has 5 heteroatoms. The van der Waals surface area contributed by atoms with Gasteiger partial charge in [0.05, 0.1) is 19.4 Å². The zero-order valence-electron chi connectivity index (χ0n) is 17.1. The molecular formula is C22H30O5. The number of ketones is 1. The summed E-state index contributed by atoms with van der Waals surface area (Å²) >= 11 is 0. The molecule has 0 aromatic rings.